The number of hydrogen-bond acceptors (Lipinski definition) is 2. The van der Waals surface area contributed by atoms with Gasteiger partial charge in [0.2, 0.25) is 0 Å². The van der Waals surface area contributed by atoms with Crippen LogP contribution in [0.5, 0.6) is 0 Å². The lowest BCUT2D eigenvalue weighted by Crippen LogP contribution is -2.09. The van der Waals surface area contributed by atoms with Gasteiger partial charge in [0.05, 0.1) is 0 Å². The average molecular weight is 183 g/mol. The predicted molar refractivity (Wildman–Crippen MR) is 49.1 cm³/mol. The van der Waals surface area contributed by atoms with Crippen LogP contribution in [0.1, 0.15) is 30.9 Å². The molecule has 0 radical (unpaired) electrons. The van der Waals surface area contributed by atoms with Crippen LogP contribution in [-0.4, -0.2) is 5.21 Å². The van der Waals surface area contributed by atoms with E-state index in [4.69, 9.17) is 5.21 Å². The van der Waals surface area contributed by atoms with Gasteiger partial charge in [0.25, 0.3) is 0 Å². The second-order valence-corrected chi connectivity index (χ2v) is 3.33. The van der Waals surface area contributed by atoms with E-state index in [1.807, 2.05) is 19.3 Å². The first-order valence-corrected chi connectivity index (χ1v) is 4.30. The van der Waals surface area contributed by atoms with E-state index in [1.165, 1.54) is 12.1 Å². The van der Waals surface area contributed by atoms with Crippen molar-refractivity contribution in [2.24, 2.45) is 0 Å². The number of nitrogens with one attached hydrogen (secondary N) is 1. The monoisotopic (exact) mass is 183 g/mol. The van der Waals surface area contributed by atoms with Crippen LogP contribution >= 0.6 is 0 Å². The zero-order chi connectivity index (χ0) is 9.84. The Bertz CT molecular complexity index is 286. The third-order valence-electron chi connectivity index (χ3n) is 2.00. The zero-order valence-corrected chi connectivity index (χ0v) is 7.84. The van der Waals surface area contributed by atoms with Gasteiger partial charge in [0, 0.05) is 6.54 Å². The Morgan fingerprint density at radius 2 is 2.15 bits per heavy atom. The highest BCUT2D eigenvalue weighted by Gasteiger charge is 2.06. The van der Waals surface area contributed by atoms with Crippen molar-refractivity contribution in [3.63, 3.8) is 0 Å². The average Bonchev–Trinajstić information content (AvgIpc) is 2.04. The van der Waals surface area contributed by atoms with Gasteiger partial charge in [-0.2, -0.15) is 0 Å². The van der Waals surface area contributed by atoms with Crippen molar-refractivity contribution < 1.29 is 9.60 Å². The van der Waals surface area contributed by atoms with E-state index in [-0.39, 0.29) is 12.4 Å². The minimum absolute atomic E-state index is 0.269. The molecule has 0 aliphatic rings. The van der Waals surface area contributed by atoms with E-state index < -0.39 is 0 Å². The molecule has 0 aliphatic carbocycles. The molecule has 1 aromatic rings. The summed E-state index contributed by atoms with van der Waals surface area (Å²) < 4.78 is 12.8. The summed E-state index contributed by atoms with van der Waals surface area (Å²) in [6.07, 6.45) is 0. The van der Waals surface area contributed by atoms with E-state index >= 15 is 0 Å². The van der Waals surface area contributed by atoms with Gasteiger partial charge in [-0.05, 0) is 29.2 Å². The van der Waals surface area contributed by atoms with Gasteiger partial charge < -0.3 is 5.21 Å². The molecule has 0 atom stereocenters. The normalized spacial score (nSPS) is 10.8. The minimum Gasteiger partial charge on any atom is -0.316 e. The number of hydrogen-bond donors (Lipinski definition) is 2. The van der Waals surface area contributed by atoms with Crippen molar-refractivity contribution >= 4 is 0 Å². The lowest BCUT2D eigenvalue weighted by atomic mass is 9.97. The second kappa shape index (κ2) is 4.35. The van der Waals surface area contributed by atoms with Crippen molar-refractivity contribution in [3.05, 3.63) is 35.1 Å². The molecule has 0 bridgehead atoms. The molecule has 1 aromatic carbocycles. The molecule has 0 heterocycles. The summed E-state index contributed by atoms with van der Waals surface area (Å²) in [5, 5.41) is 8.54. The van der Waals surface area contributed by atoms with Gasteiger partial charge >= 0.3 is 0 Å². The molecule has 72 valence electrons. The van der Waals surface area contributed by atoms with Gasteiger partial charge in [0.1, 0.15) is 5.82 Å². The van der Waals surface area contributed by atoms with E-state index in [1.54, 1.807) is 6.07 Å². The molecule has 2 N–H and O–H groups in total. The molecule has 0 unspecified atom stereocenters. The summed E-state index contributed by atoms with van der Waals surface area (Å²) in [6, 6.07) is 4.64. The van der Waals surface area contributed by atoms with Crippen LogP contribution in [0.15, 0.2) is 18.2 Å². The fraction of sp³-hybridized carbons (Fsp3) is 0.400. The Morgan fingerprint density at radius 3 is 2.69 bits per heavy atom. The maximum absolute atomic E-state index is 12.8. The van der Waals surface area contributed by atoms with Crippen LogP contribution in [0.4, 0.5) is 4.39 Å². The molecule has 0 aromatic heterocycles. The Labute approximate surface area is 77.4 Å². The first-order valence-electron chi connectivity index (χ1n) is 4.30. The molecule has 2 nitrogen and oxygen atoms in total. The molecule has 3 heteroatoms. The van der Waals surface area contributed by atoms with Crippen LogP contribution in [-0.2, 0) is 6.54 Å². The number of benzene rings is 1. The topological polar surface area (TPSA) is 32.3 Å². The fourth-order valence-corrected chi connectivity index (χ4v) is 1.38. The van der Waals surface area contributed by atoms with Crippen molar-refractivity contribution in [1.29, 1.82) is 0 Å². The van der Waals surface area contributed by atoms with Crippen LogP contribution in [0.2, 0.25) is 0 Å². The summed E-state index contributed by atoms with van der Waals surface area (Å²) in [4.78, 5) is 0. The summed E-state index contributed by atoms with van der Waals surface area (Å²) in [5.74, 6) is 0.0681. The molecular weight excluding hydrogens is 169 g/mol. The number of rotatable bonds is 3. The van der Waals surface area contributed by atoms with Gasteiger partial charge in [-0.15, -0.1) is 0 Å². The van der Waals surface area contributed by atoms with Crippen molar-refractivity contribution in [2.75, 3.05) is 0 Å². The molecule has 0 aliphatic heterocycles. The molecule has 0 spiro atoms. The van der Waals surface area contributed by atoms with Crippen molar-refractivity contribution in [1.82, 2.24) is 5.48 Å². The summed E-state index contributed by atoms with van der Waals surface area (Å²) in [7, 11) is 0. The third kappa shape index (κ3) is 2.50. The lowest BCUT2D eigenvalue weighted by molar-refractivity contribution is 0.161. The zero-order valence-electron chi connectivity index (χ0n) is 7.84. The highest BCUT2D eigenvalue weighted by Crippen LogP contribution is 2.20. The standard InChI is InChI=1S/C10H14FNO/c1-7(2)10-4-3-9(11)5-8(10)6-12-13/h3-5,7,12-13H,6H2,1-2H3. The Balaban J connectivity index is 3.03. The predicted octanol–water partition coefficient (Wildman–Crippen LogP) is 2.43. The number of hydroxylamine groups is 1. The van der Waals surface area contributed by atoms with Crippen LogP contribution < -0.4 is 5.48 Å². The first kappa shape index (κ1) is 10.2. The maximum atomic E-state index is 12.8. The maximum Gasteiger partial charge on any atom is 0.123 e. The van der Waals surface area contributed by atoms with Gasteiger partial charge in [-0.1, -0.05) is 19.9 Å². The fourth-order valence-electron chi connectivity index (χ4n) is 1.38. The van der Waals surface area contributed by atoms with Crippen molar-refractivity contribution in [3.8, 4) is 0 Å². The number of halogens is 1. The van der Waals surface area contributed by atoms with E-state index in [9.17, 15) is 4.39 Å². The van der Waals surface area contributed by atoms with Crippen LogP contribution in [0.25, 0.3) is 0 Å². The molecule has 0 fully saturated rings. The Kier molecular flexibility index (Phi) is 3.39. The van der Waals surface area contributed by atoms with E-state index in [0.29, 0.717) is 5.92 Å². The molecule has 0 saturated heterocycles. The highest BCUT2D eigenvalue weighted by molar-refractivity contribution is 5.30. The third-order valence-corrected chi connectivity index (χ3v) is 2.00. The molecule has 1 rings (SSSR count). The van der Waals surface area contributed by atoms with Gasteiger partial charge in [-0.25, -0.2) is 9.87 Å². The Morgan fingerprint density at radius 1 is 1.46 bits per heavy atom. The Hall–Kier alpha value is -0.930. The smallest absolute Gasteiger partial charge is 0.123 e. The van der Waals surface area contributed by atoms with Gasteiger partial charge in [-0.3, -0.25) is 0 Å². The van der Waals surface area contributed by atoms with Crippen molar-refractivity contribution in [2.45, 2.75) is 26.3 Å². The minimum atomic E-state index is -0.269. The first-order chi connectivity index (χ1) is 6.15. The molecule has 13 heavy (non-hydrogen) atoms. The molecule has 0 amide bonds. The summed E-state index contributed by atoms with van der Waals surface area (Å²) in [6.45, 7) is 4.35. The van der Waals surface area contributed by atoms with Crippen LogP contribution in [0, 0.1) is 5.82 Å². The van der Waals surface area contributed by atoms with Gasteiger partial charge in [0.15, 0.2) is 0 Å². The van der Waals surface area contributed by atoms with E-state index in [2.05, 4.69) is 0 Å². The molecular formula is C10H14FNO. The van der Waals surface area contributed by atoms with Crippen LogP contribution in [0.3, 0.4) is 0 Å². The quantitative estimate of drug-likeness (QED) is 0.705. The van der Waals surface area contributed by atoms with E-state index in [0.717, 1.165) is 11.1 Å². The highest BCUT2D eigenvalue weighted by atomic mass is 19.1. The second-order valence-electron chi connectivity index (χ2n) is 3.33. The lowest BCUT2D eigenvalue weighted by Gasteiger charge is -2.11. The largest absolute Gasteiger partial charge is 0.316 e. The summed E-state index contributed by atoms with van der Waals surface area (Å²) in [5.41, 5.74) is 3.90. The summed E-state index contributed by atoms with van der Waals surface area (Å²) >= 11 is 0. The molecule has 0 saturated carbocycles. The SMILES string of the molecule is CC(C)c1ccc(F)cc1CNO.